The molecule has 0 saturated carbocycles. The number of rotatable bonds is 3. The Morgan fingerprint density at radius 1 is 0.833 bits per heavy atom. The highest BCUT2D eigenvalue weighted by Crippen LogP contribution is 2.27. The van der Waals surface area contributed by atoms with E-state index in [1.54, 1.807) is 24.3 Å². The average molecular weight is 328 g/mol. The second-order valence-corrected chi connectivity index (χ2v) is 5.91. The van der Waals surface area contributed by atoms with Gasteiger partial charge in [-0.3, -0.25) is 0 Å². The summed E-state index contributed by atoms with van der Waals surface area (Å²) in [5.41, 5.74) is 0.870. The minimum atomic E-state index is 0.435. The van der Waals surface area contributed by atoms with E-state index >= 15 is 0 Å². The summed E-state index contributed by atoms with van der Waals surface area (Å²) >= 11 is 1.83. The zero-order valence-electron chi connectivity index (χ0n) is 13.1. The first-order valence-corrected chi connectivity index (χ1v) is 8.39. The van der Waals surface area contributed by atoms with E-state index in [0.717, 1.165) is 5.75 Å². The average Bonchev–Trinajstić information content (AvgIpc) is 2.66. The summed E-state index contributed by atoms with van der Waals surface area (Å²) in [7, 11) is 0. The summed E-state index contributed by atoms with van der Waals surface area (Å²) in [5, 5.41) is 19.5. The SMILES string of the molecule is C=CCSc1cccc2ccccc12.N#Cc1ccccc1C#N. The standard InChI is InChI=1S/C13H12S.C8H4N2/c1-2-10-14-13-9-5-7-11-6-3-4-8-12(11)13;9-5-7-3-1-2-4-8(7)6-10/h2-9H,1,10H2;1-4H. The molecule has 0 aliphatic heterocycles. The molecule has 0 fully saturated rings. The molecule has 116 valence electrons. The Morgan fingerprint density at radius 2 is 1.42 bits per heavy atom. The topological polar surface area (TPSA) is 47.6 Å². The van der Waals surface area contributed by atoms with Gasteiger partial charge in [0.15, 0.2) is 0 Å². The van der Waals surface area contributed by atoms with E-state index in [1.807, 2.05) is 30.0 Å². The summed E-state index contributed by atoms with van der Waals surface area (Å²) < 4.78 is 0. The Hall–Kier alpha value is -3.01. The predicted octanol–water partition coefficient (Wildman–Crippen LogP) is 5.55. The van der Waals surface area contributed by atoms with Gasteiger partial charge >= 0.3 is 0 Å². The van der Waals surface area contributed by atoms with Crippen molar-refractivity contribution in [2.75, 3.05) is 5.75 Å². The van der Waals surface area contributed by atoms with Gasteiger partial charge in [-0.05, 0) is 29.0 Å². The molecule has 0 heterocycles. The third kappa shape index (κ3) is 4.49. The van der Waals surface area contributed by atoms with Gasteiger partial charge < -0.3 is 0 Å². The minimum Gasteiger partial charge on any atom is -0.192 e. The summed E-state index contributed by atoms with van der Waals surface area (Å²) in [6, 6.07) is 25.5. The van der Waals surface area contributed by atoms with Crippen molar-refractivity contribution in [3.63, 3.8) is 0 Å². The predicted molar refractivity (Wildman–Crippen MR) is 101 cm³/mol. The highest BCUT2D eigenvalue weighted by molar-refractivity contribution is 7.99. The van der Waals surface area contributed by atoms with Crippen LogP contribution < -0.4 is 0 Å². The molecule has 3 aromatic rings. The molecule has 0 aliphatic carbocycles. The van der Waals surface area contributed by atoms with Gasteiger partial charge in [0.05, 0.1) is 11.1 Å². The van der Waals surface area contributed by atoms with E-state index in [9.17, 15) is 0 Å². The minimum absolute atomic E-state index is 0.435. The quantitative estimate of drug-likeness (QED) is 0.468. The number of hydrogen-bond donors (Lipinski definition) is 0. The van der Waals surface area contributed by atoms with Crippen LogP contribution in [0.3, 0.4) is 0 Å². The second kappa shape index (κ2) is 9.20. The van der Waals surface area contributed by atoms with E-state index in [1.165, 1.54) is 15.7 Å². The fourth-order valence-electron chi connectivity index (χ4n) is 2.15. The molecule has 0 unspecified atom stereocenters. The van der Waals surface area contributed by atoms with Crippen molar-refractivity contribution >= 4 is 22.5 Å². The Labute approximate surface area is 146 Å². The molecule has 0 bridgehead atoms. The first kappa shape index (κ1) is 17.3. The van der Waals surface area contributed by atoms with Crippen LogP contribution in [-0.4, -0.2) is 5.75 Å². The summed E-state index contributed by atoms with van der Waals surface area (Å²) in [6.07, 6.45) is 1.94. The van der Waals surface area contributed by atoms with Gasteiger partial charge in [-0.25, -0.2) is 0 Å². The molecular weight excluding hydrogens is 312 g/mol. The molecule has 24 heavy (non-hydrogen) atoms. The Kier molecular flexibility index (Phi) is 6.65. The summed E-state index contributed by atoms with van der Waals surface area (Å²) in [4.78, 5) is 1.34. The Bertz CT molecular complexity index is 879. The number of hydrogen-bond acceptors (Lipinski definition) is 3. The molecule has 0 radical (unpaired) electrons. The van der Waals surface area contributed by atoms with Crippen molar-refractivity contribution in [2.45, 2.75) is 4.90 Å². The van der Waals surface area contributed by atoms with Gasteiger partial charge in [0.25, 0.3) is 0 Å². The zero-order chi connectivity index (χ0) is 17.2. The molecule has 3 rings (SSSR count). The molecule has 0 aromatic heterocycles. The monoisotopic (exact) mass is 328 g/mol. The third-order valence-corrected chi connectivity index (χ3v) is 4.34. The molecular formula is C21H16N2S. The van der Waals surface area contributed by atoms with Crippen molar-refractivity contribution in [1.82, 2.24) is 0 Å². The van der Waals surface area contributed by atoms with Crippen molar-refractivity contribution in [2.24, 2.45) is 0 Å². The van der Waals surface area contributed by atoms with E-state index in [4.69, 9.17) is 10.5 Å². The molecule has 0 N–H and O–H groups in total. The van der Waals surface area contributed by atoms with Gasteiger partial charge in [0, 0.05) is 10.6 Å². The van der Waals surface area contributed by atoms with Crippen LogP contribution in [0.4, 0.5) is 0 Å². The lowest BCUT2D eigenvalue weighted by Gasteiger charge is -2.03. The number of nitrogens with zero attached hydrogens (tertiary/aromatic N) is 2. The highest BCUT2D eigenvalue weighted by Gasteiger charge is 1.98. The normalized spacial score (nSPS) is 9.25. The molecule has 0 atom stereocenters. The Balaban J connectivity index is 0.000000185. The van der Waals surface area contributed by atoms with Crippen LogP contribution >= 0.6 is 11.8 Å². The highest BCUT2D eigenvalue weighted by atomic mass is 32.2. The fraction of sp³-hybridized carbons (Fsp3) is 0.0476. The van der Waals surface area contributed by atoms with Crippen molar-refractivity contribution in [3.8, 4) is 12.1 Å². The van der Waals surface area contributed by atoms with Gasteiger partial charge in [0.1, 0.15) is 12.1 Å². The molecule has 0 saturated heterocycles. The van der Waals surface area contributed by atoms with Gasteiger partial charge in [-0.15, -0.1) is 18.3 Å². The van der Waals surface area contributed by atoms with Crippen LogP contribution in [0.5, 0.6) is 0 Å². The molecule has 3 aromatic carbocycles. The number of thioether (sulfide) groups is 1. The maximum absolute atomic E-state index is 8.45. The molecule has 2 nitrogen and oxygen atoms in total. The third-order valence-electron chi connectivity index (χ3n) is 3.27. The van der Waals surface area contributed by atoms with E-state index in [-0.39, 0.29) is 0 Å². The van der Waals surface area contributed by atoms with Crippen LogP contribution in [-0.2, 0) is 0 Å². The zero-order valence-corrected chi connectivity index (χ0v) is 14.0. The van der Waals surface area contributed by atoms with Crippen molar-refractivity contribution in [3.05, 3.63) is 90.5 Å². The first-order chi connectivity index (χ1) is 11.8. The smallest absolute Gasteiger partial charge is 0.101 e. The number of fused-ring (bicyclic) bond motifs is 1. The summed E-state index contributed by atoms with van der Waals surface area (Å²) in [6.45, 7) is 3.73. The number of benzene rings is 3. The fourth-order valence-corrected chi connectivity index (χ4v) is 2.96. The van der Waals surface area contributed by atoms with Gasteiger partial charge in [-0.2, -0.15) is 10.5 Å². The molecule has 0 amide bonds. The van der Waals surface area contributed by atoms with E-state index in [2.05, 4.69) is 49.0 Å². The molecule has 3 heteroatoms. The second-order valence-electron chi connectivity index (χ2n) is 4.85. The van der Waals surface area contributed by atoms with E-state index < -0.39 is 0 Å². The first-order valence-electron chi connectivity index (χ1n) is 7.41. The lowest BCUT2D eigenvalue weighted by Crippen LogP contribution is -1.79. The largest absolute Gasteiger partial charge is 0.192 e. The van der Waals surface area contributed by atoms with Crippen molar-refractivity contribution in [1.29, 1.82) is 10.5 Å². The Morgan fingerprint density at radius 3 is 2.04 bits per heavy atom. The van der Waals surface area contributed by atoms with E-state index in [0.29, 0.717) is 11.1 Å². The lowest BCUT2D eigenvalue weighted by molar-refractivity contribution is 1.43. The van der Waals surface area contributed by atoms with Crippen LogP contribution in [0, 0.1) is 22.7 Å². The maximum Gasteiger partial charge on any atom is 0.101 e. The maximum atomic E-state index is 8.45. The molecule has 0 spiro atoms. The summed E-state index contributed by atoms with van der Waals surface area (Å²) in [5.74, 6) is 0.966. The lowest BCUT2D eigenvalue weighted by atomic mass is 10.1. The van der Waals surface area contributed by atoms with Crippen LogP contribution in [0.2, 0.25) is 0 Å². The van der Waals surface area contributed by atoms with Gasteiger partial charge in [0.2, 0.25) is 0 Å². The van der Waals surface area contributed by atoms with Crippen molar-refractivity contribution < 1.29 is 0 Å². The number of nitriles is 2. The van der Waals surface area contributed by atoms with Crippen LogP contribution in [0.1, 0.15) is 11.1 Å². The molecule has 0 aliphatic rings. The van der Waals surface area contributed by atoms with Crippen LogP contribution in [0.25, 0.3) is 10.8 Å². The van der Waals surface area contributed by atoms with Gasteiger partial charge in [-0.1, -0.05) is 54.6 Å². The van der Waals surface area contributed by atoms with Crippen LogP contribution in [0.15, 0.2) is 84.3 Å².